The summed E-state index contributed by atoms with van der Waals surface area (Å²) in [5, 5.41) is 5.84. The number of benzene rings is 2. The predicted octanol–water partition coefficient (Wildman–Crippen LogP) is 5.01. The van der Waals surface area contributed by atoms with Crippen LogP contribution in [0.25, 0.3) is 0 Å². The maximum atomic E-state index is 13.6. The monoisotopic (exact) mass is 359 g/mol. The van der Waals surface area contributed by atoms with Crippen LogP contribution in [0.5, 0.6) is 0 Å². The van der Waals surface area contributed by atoms with E-state index in [1.54, 1.807) is 24.3 Å². The Labute approximate surface area is 147 Å². The summed E-state index contributed by atoms with van der Waals surface area (Å²) in [6.45, 7) is 0. The molecule has 0 aliphatic rings. The standard InChI is InChI=1S/C18H12ClF2N3O/c19-11-4-6-12(7-5-11)24-18(25)16-9-8-13(10-22-16)23-17-14(20)2-1-3-15(17)21/h1-10,23H,(H,24,25). The molecule has 0 saturated carbocycles. The molecule has 3 aromatic rings. The van der Waals surface area contributed by atoms with Gasteiger partial charge in [-0.25, -0.2) is 13.8 Å². The van der Waals surface area contributed by atoms with Crippen molar-refractivity contribution in [2.45, 2.75) is 0 Å². The average molecular weight is 360 g/mol. The molecule has 0 aliphatic heterocycles. The second-order valence-corrected chi connectivity index (χ2v) is 5.55. The topological polar surface area (TPSA) is 54.0 Å². The number of carbonyl (C=O) groups excluding carboxylic acids is 1. The van der Waals surface area contributed by atoms with Gasteiger partial charge < -0.3 is 10.6 Å². The second-order valence-electron chi connectivity index (χ2n) is 5.11. The molecule has 0 atom stereocenters. The number of anilines is 3. The molecule has 1 aromatic heterocycles. The number of hydrogen-bond donors (Lipinski definition) is 2. The van der Waals surface area contributed by atoms with E-state index in [1.807, 2.05) is 0 Å². The molecule has 3 rings (SSSR count). The van der Waals surface area contributed by atoms with Gasteiger partial charge in [0.1, 0.15) is 23.0 Å². The molecule has 4 nitrogen and oxygen atoms in total. The first-order chi connectivity index (χ1) is 12.0. The van der Waals surface area contributed by atoms with Gasteiger partial charge >= 0.3 is 0 Å². The second kappa shape index (κ2) is 7.27. The molecule has 2 aromatic carbocycles. The van der Waals surface area contributed by atoms with Crippen molar-refractivity contribution in [3.05, 3.63) is 83.1 Å². The third kappa shape index (κ3) is 4.10. The van der Waals surface area contributed by atoms with E-state index in [0.29, 0.717) is 16.4 Å². The van der Waals surface area contributed by atoms with Gasteiger partial charge in [-0.15, -0.1) is 0 Å². The first-order valence-corrected chi connectivity index (χ1v) is 7.65. The third-order valence-electron chi connectivity index (χ3n) is 3.33. The first kappa shape index (κ1) is 16.9. The van der Waals surface area contributed by atoms with E-state index in [2.05, 4.69) is 15.6 Å². The molecule has 1 amide bonds. The van der Waals surface area contributed by atoms with Crippen molar-refractivity contribution in [3.8, 4) is 0 Å². The molecule has 0 aliphatic carbocycles. The molecule has 0 unspecified atom stereocenters. The van der Waals surface area contributed by atoms with Gasteiger partial charge in [-0.2, -0.15) is 0 Å². The molecule has 0 saturated heterocycles. The highest BCUT2D eigenvalue weighted by molar-refractivity contribution is 6.30. The zero-order chi connectivity index (χ0) is 17.8. The Bertz CT molecular complexity index is 879. The van der Waals surface area contributed by atoms with Crippen LogP contribution in [0, 0.1) is 11.6 Å². The van der Waals surface area contributed by atoms with Gasteiger partial charge in [-0.3, -0.25) is 4.79 Å². The zero-order valence-corrected chi connectivity index (χ0v) is 13.5. The van der Waals surface area contributed by atoms with Crippen LogP contribution >= 0.6 is 11.6 Å². The smallest absolute Gasteiger partial charge is 0.274 e. The van der Waals surface area contributed by atoms with Crippen LogP contribution in [-0.2, 0) is 0 Å². The van der Waals surface area contributed by atoms with Crippen LogP contribution in [0.15, 0.2) is 60.8 Å². The number of nitrogens with one attached hydrogen (secondary N) is 2. The van der Waals surface area contributed by atoms with Crippen LogP contribution in [0.2, 0.25) is 5.02 Å². The lowest BCUT2D eigenvalue weighted by Crippen LogP contribution is -2.13. The van der Waals surface area contributed by atoms with Gasteiger partial charge in [0.15, 0.2) is 0 Å². The van der Waals surface area contributed by atoms with Crippen LogP contribution in [0.3, 0.4) is 0 Å². The Kier molecular flexibility index (Phi) is 4.90. The molecule has 0 spiro atoms. The molecule has 0 bridgehead atoms. The maximum Gasteiger partial charge on any atom is 0.274 e. The minimum absolute atomic E-state index is 0.162. The highest BCUT2D eigenvalue weighted by Crippen LogP contribution is 2.23. The number of amides is 1. The average Bonchev–Trinajstić information content (AvgIpc) is 2.61. The van der Waals surface area contributed by atoms with Crippen molar-refractivity contribution < 1.29 is 13.6 Å². The van der Waals surface area contributed by atoms with Crippen molar-refractivity contribution in [1.82, 2.24) is 4.98 Å². The van der Waals surface area contributed by atoms with Gasteiger partial charge in [0.25, 0.3) is 5.91 Å². The van der Waals surface area contributed by atoms with Crippen molar-refractivity contribution in [1.29, 1.82) is 0 Å². The van der Waals surface area contributed by atoms with E-state index in [9.17, 15) is 13.6 Å². The van der Waals surface area contributed by atoms with E-state index in [1.165, 1.54) is 24.4 Å². The van der Waals surface area contributed by atoms with Crippen molar-refractivity contribution in [2.75, 3.05) is 10.6 Å². The van der Waals surface area contributed by atoms with E-state index < -0.39 is 17.5 Å². The fourth-order valence-electron chi connectivity index (χ4n) is 2.09. The largest absolute Gasteiger partial charge is 0.349 e. The Morgan fingerprint density at radius 2 is 1.56 bits per heavy atom. The zero-order valence-electron chi connectivity index (χ0n) is 12.8. The highest BCUT2D eigenvalue weighted by atomic mass is 35.5. The van der Waals surface area contributed by atoms with Gasteiger partial charge in [0.2, 0.25) is 0 Å². The SMILES string of the molecule is O=C(Nc1ccc(Cl)cc1)c1ccc(Nc2c(F)cccc2F)cn1. The minimum Gasteiger partial charge on any atom is -0.349 e. The maximum absolute atomic E-state index is 13.6. The number of para-hydroxylation sites is 1. The Morgan fingerprint density at radius 3 is 2.16 bits per heavy atom. The molecule has 7 heteroatoms. The molecule has 25 heavy (non-hydrogen) atoms. The summed E-state index contributed by atoms with van der Waals surface area (Å²) in [4.78, 5) is 16.1. The third-order valence-corrected chi connectivity index (χ3v) is 3.58. The fraction of sp³-hybridized carbons (Fsp3) is 0. The first-order valence-electron chi connectivity index (χ1n) is 7.27. The summed E-state index contributed by atoms with van der Waals surface area (Å²) in [5.74, 6) is -1.85. The lowest BCUT2D eigenvalue weighted by molar-refractivity contribution is 0.102. The van der Waals surface area contributed by atoms with Crippen LogP contribution in [0.1, 0.15) is 10.5 Å². The van der Waals surface area contributed by atoms with E-state index in [4.69, 9.17) is 11.6 Å². The number of rotatable bonds is 4. The number of pyridine rings is 1. The molecule has 1 heterocycles. The van der Waals surface area contributed by atoms with Gasteiger partial charge in [-0.1, -0.05) is 17.7 Å². The molecule has 0 fully saturated rings. The van der Waals surface area contributed by atoms with Gasteiger partial charge in [0.05, 0.1) is 11.9 Å². The molecule has 2 N–H and O–H groups in total. The molecular weight excluding hydrogens is 348 g/mol. The van der Waals surface area contributed by atoms with E-state index in [0.717, 1.165) is 12.1 Å². The van der Waals surface area contributed by atoms with Gasteiger partial charge in [0, 0.05) is 10.7 Å². The number of aromatic nitrogens is 1. The van der Waals surface area contributed by atoms with Crippen molar-refractivity contribution >= 4 is 34.6 Å². The Morgan fingerprint density at radius 1 is 0.920 bits per heavy atom. The highest BCUT2D eigenvalue weighted by Gasteiger charge is 2.11. The van der Waals surface area contributed by atoms with Crippen LogP contribution in [-0.4, -0.2) is 10.9 Å². The van der Waals surface area contributed by atoms with Crippen LogP contribution in [0.4, 0.5) is 25.8 Å². The predicted molar refractivity (Wildman–Crippen MR) is 93.3 cm³/mol. The lowest BCUT2D eigenvalue weighted by atomic mass is 10.2. The van der Waals surface area contributed by atoms with Gasteiger partial charge in [-0.05, 0) is 48.5 Å². The molecular formula is C18H12ClF2N3O. The molecule has 0 radical (unpaired) electrons. The number of nitrogens with zero attached hydrogens (tertiary/aromatic N) is 1. The summed E-state index contributed by atoms with van der Waals surface area (Å²) in [5.41, 5.74) is 0.816. The fourth-order valence-corrected chi connectivity index (χ4v) is 2.22. The number of halogens is 3. The summed E-state index contributed by atoms with van der Waals surface area (Å²) >= 11 is 5.79. The summed E-state index contributed by atoms with van der Waals surface area (Å²) in [7, 11) is 0. The summed E-state index contributed by atoms with van der Waals surface area (Å²) in [6, 6.07) is 13.2. The Hall–Kier alpha value is -2.99. The van der Waals surface area contributed by atoms with E-state index >= 15 is 0 Å². The number of hydrogen-bond acceptors (Lipinski definition) is 3. The molecule has 126 valence electrons. The quantitative estimate of drug-likeness (QED) is 0.688. The van der Waals surface area contributed by atoms with E-state index in [-0.39, 0.29) is 11.4 Å². The Balaban J connectivity index is 1.71. The van der Waals surface area contributed by atoms with Crippen LogP contribution < -0.4 is 10.6 Å². The van der Waals surface area contributed by atoms with Crippen molar-refractivity contribution in [2.24, 2.45) is 0 Å². The lowest BCUT2D eigenvalue weighted by Gasteiger charge is -2.09. The normalized spacial score (nSPS) is 10.4. The van der Waals surface area contributed by atoms with Crippen molar-refractivity contribution in [3.63, 3.8) is 0 Å². The minimum atomic E-state index is -0.718. The number of carbonyl (C=O) groups is 1. The summed E-state index contributed by atoms with van der Waals surface area (Å²) in [6.07, 6.45) is 1.32. The summed E-state index contributed by atoms with van der Waals surface area (Å²) < 4.78 is 27.2.